The first-order valence-electron chi connectivity index (χ1n) is 6.70. The number of hydrogen-bond acceptors (Lipinski definition) is 1. The van der Waals surface area contributed by atoms with E-state index in [0.29, 0.717) is 18.5 Å². The standard InChI is InChI=1S/C15H22N4/c1-10(2)18-15(16)17-9-8-12-11(3)19-14-7-5-4-6-13(12)14/h4-7,10,19H,8-9H2,1-3H3,(H3,16,17,18). The lowest BCUT2D eigenvalue weighted by Gasteiger charge is -2.08. The molecule has 0 saturated carbocycles. The van der Waals surface area contributed by atoms with E-state index < -0.39 is 0 Å². The van der Waals surface area contributed by atoms with Crippen LogP contribution in [0.1, 0.15) is 25.1 Å². The molecule has 1 aromatic heterocycles. The number of fused-ring (bicyclic) bond motifs is 1. The molecule has 0 fully saturated rings. The zero-order chi connectivity index (χ0) is 13.8. The van der Waals surface area contributed by atoms with E-state index in [4.69, 9.17) is 5.73 Å². The van der Waals surface area contributed by atoms with Gasteiger partial charge in [0.05, 0.1) is 0 Å². The normalized spacial score (nSPS) is 12.3. The molecule has 0 aliphatic rings. The molecule has 4 nitrogen and oxygen atoms in total. The number of benzene rings is 1. The van der Waals surface area contributed by atoms with Crippen LogP contribution in [0.25, 0.3) is 10.9 Å². The summed E-state index contributed by atoms with van der Waals surface area (Å²) in [7, 11) is 0. The minimum atomic E-state index is 0.318. The number of rotatable bonds is 4. The molecule has 0 aliphatic carbocycles. The molecule has 2 aromatic rings. The van der Waals surface area contributed by atoms with Crippen molar-refractivity contribution in [3.05, 3.63) is 35.5 Å². The molecule has 0 unspecified atom stereocenters. The Morgan fingerprint density at radius 2 is 2.11 bits per heavy atom. The van der Waals surface area contributed by atoms with Gasteiger partial charge >= 0.3 is 0 Å². The van der Waals surface area contributed by atoms with Crippen LogP contribution in [0, 0.1) is 6.92 Å². The molecule has 0 aliphatic heterocycles. The maximum absolute atomic E-state index is 5.80. The fourth-order valence-corrected chi connectivity index (χ4v) is 2.29. The third-order valence-corrected chi connectivity index (χ3v) is 3.11. The van der Waals surface area contributed by atoms with E-state index in [1.54, 1.807) is 0 Å². The Balaban J connectivity index is 2.08. The minimum Gasteiger partial charge on any atom is -0.370 e. The van der Waals surface area contributed by atoms with E-state index in [1.807, 2.05) is 19.9 Å². The summed E-state index contributed by atoms with van der Waals surface area (Å²) in [4.78, 5) is 7.76. The Kier molecular flexibility index (Phi) is 4.10. The number of nitrogens with two attached hydrogens (primary N) is 1. The number of aromatic nitrogens is 1. The summed E-state index contributed by atoms with van der Waals surface area (Å²) in [6, 6.07) is 8.68. The van der Waals surface area contributed by atoms with Crippen LogP contribution in [-0.2, 0) is 6.42 Å². The van der Waals surface area contributed by atoms with Gasteiger partial charge in [0, 0.05) is 29.2 Å². The molecule has 102 valence electrons. The molecule has 4 N–H and O–H groups in total. The van der Waals surface area contributed by atoms with Crippen molar-refractivity contribution in [2.75, 3.05) is 6.54 Å². The summed E-state index contributed by atoms with van der Waals surface area (Å²) in [6.45, 7) is 6.90. The molecule has 1 aromatic carbocycles. The maximum Gasteiger partial charge on any atom is 0.188 e. The Morgan fingerprint density at radius 1 is 1.37 bits per heavy atom. The predicted molar refractivity (Wildman–Crippen MR) is 81.5 cm³/mol. The highest BCUT2D eigenvalue weighted by Crippen LogP contribution is 2.22. The van der Waals surface area contributed by atoms with Gasteiger partial charge in [0.25, 0.3) is 0 Å². The number of hydrogen-bond donors (Lipinski definition) is 3. The molecule has 0 saturated heterocycles. The van der Waals surface area contributed by atoms with Gasteiger partial charge < -0.3 is 16.0 Å². The van der Waals surface area contributed by atoms with Crippen LogP contribution in [-0.4, -0.2) is 23.5 Å². The van der Waals surface area contributed by atoms with Gasteiger partial charge in [-0.2, -0.15) is 0 Å². The lowest BCUT2D eigenvalue weighted by Crippen LogP contribution is -2.36. The number of aryl methyl sites for hydroxylation is 1. The molecule has 2 rings (SSSR count). The Bertz CT molecular complexity index is 581. The SMILES string of the molecule is Cc1[nH]c2ccccc2c1CCN=C(N)NC(C)C. The number of para-hydroxylation sites is 1. The quantitative estimate of drug-likeness (QED) is 0.582. The number of guanidine groups is 1. The van der Waals surface area contributed by atoms with Crippen LogP contribution in [0.15, 0.2) is 29.3 Å². The first-order valence-corrected chi connectivity index (χ1v) is 6.70. The monoisotopic (exact) mass is 258 g/mol. The summed E-state index contributed by atoms with van der Waals surface area (Å²) in [5.74, 6) is 0.521. The molecule has 0 spiro atoms. The van der Waals surface area contributed by atoms with Crippen LogP contribution in [0.3, 0.4) is 0 Å². The van der Waals surface area contributed by atoms with Gasteiger partial charge in [-0.25, -0.2) is 0 Å². The van der Waals surface area contributed by atoms with E-state index in [0.717, 1.165) is 6.42 Å². The predicted octanol–water partition coefficient (Wildman–Crippen LogP) is 2.33. The number of H-pyrrole nitrogens is 1. The van der Waals surface area contributed by atoms with Crippen molar-refractivity contribution in [1.82, 2.24) is 10.3 Å². The first kappa shape index (κ1) is 13.5. The zero-order valence-corrected chi connectivity index (χ0v) is 11.8. The van der Waals surface area contributed by atoms with Gasteiger partial charge in [-0.3, -0.25) is 4.99 Å². The van der Waals surface area contributed by atoms with Gasteiger partial charge in [0.2, 0.25) is 0 Å². The van der Waals surface area contributed by atoms with Crippen molar-refractivity contribution >= 4 is 16.9 Å². The van der Waals surface area contributed by atoms with Crippen molar-refractivity contribution in [3.63, 3.8) is 0 Å². The second-order valence-corrected chi connectivity index (χ2v) is 5.09. The van der Waals surface area contributed by atoms with E-state index in [1.165, 1.54) is 22.2 Å². The van der Waals surface area contributed by atoms with Crippen LogP contribution in [0.2, 0.25) is 0 Å². The lowest BCUT2D eigenvalue weighted by molar-refractivity contribution is 0.723. The average molecular weight is 258 g/mol. The molecular formula is C15H22N4. The van der Waals surface area contributed by atoms with Crippen LogP contribution < -0.4 is 11.1 Å². The molecule has 0 atom stereocenters. The summed E-state index contributed by atoms with van der Waals surface area (Å²) in [5, 5.41) is 4.38. The first-order chi connectivity index (χ1) is 9.08. The van der Waals surface area contributed by atoms with Crippen LogP contribution in [0.4, 0.5) is 0 Å². The zero-order valence-electron chi connectivity index (χ0n) is 11.8. The van der Waals surface area contributed by atoms with Crippen molar-refractivity contribution in [3.8, 4) is 0 Å². The summed E-state index contributed by atoms with van der Waals surface area (Å²) < 4.78 is 0. The number of aliphatic imine (C=N–C) groups is 1. The van der Waals surface area contributed by atoms with Crippen molar-refractivity contribution in [2.45, 2.75) is 33.2 Å². The highest BCUT2D eigenvalue weighted by Gasteiger charge is 2.07. The fourth-order valence-electron chi connectivity index (χ4n) is 2.29. The van der Waals surface area contributed by atoms with Crippen LogP contribution in [0.5, 0.6) is 0 Å². The topological polar surface area (TPSA) is 66.2 Å². The Labute approximate surface area is 114 Å². The van der Waals surface area contributed by atoms with Gasteiger partial charge in [-0.05, 0) is 38.8 Å². The highest BCUT2D eigenvalue weighted by atomic mass is 15.1. The fraction of sp³-hybridized carbons (Fsp3) is 0.400. The number of nitrogens with one attached hydrogen (secondary N) is 2. The highest BCUT2D eigenvalue weighted by molar-refractivity contribution is 5.84. The lowest BCUT2D eigenvalue weighted by atomic mass is 10.1. The molecule has 0 bridgehead atoms. The van der Waals surface area contributed by atoms with Crippen LogP contribution >= 0.6 is 0 Å². The van der Waals surface area contributed by atoms with Crippen molar-refractivity contribution in [2.24, 2.45) is 10.7 Å². The summed E-state index contributed by atoms with van der Waals surface area (Å²) in [6.07, 6.45) is 0.899. The molecule has 4 heteroatoms. The average Bonchev–Trinajstić information content (AvgIpc) is 2.65. The second kappa shape index (κ2) is 5.78. The van der Waals surface area contributed by atoms with E-state index in [-0.39, 0.29) is 0 Å². The largest absolute Gasteiger partial charge is 0.370 e. The van der Waals surface area contributed by atoms with E-state index in [2.05, 4.69) is 40.4 Å². The maximum atomic E-state index is 5.80. The summed E-state index contributed by atoms with van der Waals surface area (Å²) >= 11 is 0. The minimum absolute atomic E-state index is 0.318. The van der Waals surface area contributed by atoms with Crippen molar-refractivity contribution in [1.29, 1.82) is 0 Å². The molecule has 1 heterocycles. The number of nitrogens with zero attached hydrogens (tertiary/aromatic N) is 1. The molecule has 19 heavy (non-hydrogen) atoms. The van der Waals surface area contributed by atoms with E-state index in [9.17, 15) is 0 Å². The molecular weight excluding hydrogens is 236 g/mol. The summed E-state index contributed by atoms with van der Waals surface area (Å²) in [5.41, 5.74) is 9.53. The molecule has 0 amide bonds. The third-order valence-electron chi connectivity index (χ3n) is 3.11. The Hall–Kier alpha value is -1.97. The van der Waals surface area contributed by atoms with E-state index >= 15 is 0 Å². The smallest absolute Gasteiger partial charge is 0.188 e. The van der Waals surface area contributed by atoms with Gasteiger partial charge in [0.15, 0.2) is 5.96 Å². The third kappa shape index (κ3) is 3.28. The van der Waals surface area contributed by atoms with Gasteiger partial charge in [0.1, 0.15) is 0 Å². The second-order valence-electron chi connectivity index (χ2n) is 5.09. The molecule has 0 radical (unpaired) electrons. The van der Waals surface area contributed by atoms with Crippen molar-refractivity contribution < 1.29 is 0 Å². The Morgan fingerprint density at radius 3 is 2.84 bits per heavy atom. The van der Waals surface area contributed by atoms with Gasteiger partial charge in [-0.1, -0.05) is 18.2 Å². The number of aromatic amines is 1. The van der Waals surface area contributed by atoms with Gasteiger partial charge in [-0.15, -0.1) is 0 Å².